The van der Waals surface area contributed by atoms with Gasteiger partial charge in [-0.05, 0) is 44.1 Å². The Morgan fingerprint density at radius 2 is 1.64 bits per heavy atom. The molecule has 3 fully saturated rings. The summed E-state index contributed by atoms with van der Waals surface area (Å²) >= 11 is 0. The molecule has 0 aromatic heterocycles. The van der Waals surface area contributed by atoms with E-state index in [2.05, 4.69) is 46.7 Å². The molecule has 1 unspecified atom stereocenters. The van der Waals surface area contributed by atoms with E-state index in [1.54, 1.807) is 0 Å². The normalized spacial score (nSPS) is 27.5. The summed E-state index contributed by atoms with van der Waals surface area (Å²) in [5, 5.41) is 6.87. The zero-order valence-electron chi connectivity index (χ0n) is 17.3. The van der Waals surface area contributed by atoms with Gasteiger partial charge in [0.15, 0.2) is 0 Å². The van der Waals surface area contributed by atoms with Gasteiger partial charge in [-0.15, -0.1) is 0 Å². The van der Waals surface area contributed by atoms with Crippen molar-refractivity contribution in [2.75, 3.05) is 39.3 Å². The number of amides is 2. The van der Waals surface area contributed by atoms with Gasteiger partial charge in [0.2, 0.25) is 0 Å². The molecule has 2 atom stereocenters. The molecule has 2 N–H and O–H groups in total. The van der Waals surface area contributed by atoms with Gasteiger partial charge in [-0.1, -0.05) is 42.7 Å². The number of carbonyl (C=O) groups excluding carboxylic acids is 1. The Bertz CT molecular complexity index is 633. The molecule has 5 heteroatoms. The lowest BCUT2D eigenvalue weighted by Crippen LogP contribution is -2.59. The number of nitrogens with zero attached hydrogens (tertiary/aromatic N) is 2. The molecule has 5 nitrogen and oxygen atoms in total. The molecule has 28 heavy (non-hydrogen) atoms. The van der Waals surface area contributed by atoms with Crippen molar-refractivity contribution in [3.05, 3.63) is 35.4 Å². The Hall–Kier alpha value is -1.59. The number of aryl methyl sites for hydroxylation is 1. The van der Waals surface area contributed by atoms with Crippen LogP contribution in [0.25, 0.3) is 0 Å². The van der Waals surface area contributed by atoms with E-state index in [4.69, 9.17) is 0 Å². The number of rotatable bonds is 3. The van der Waals surface area contributed by atoms with Gasteiger partial charge in [0.05, 0.1) is 0 Å². The maximum Gasteiger partial charge on any atom is 0.317 e. The van der Waals surface area contributed by atoms with E-state index >= 15 is 0 Å². The van der Waals surface area contributed by atoms with Crippen LogP contribution in [0.1, 0.15) is 55.6 Å². The van der Waals surface area contributed by atoms with Crippen LogP contribution in [0, 0.1) is 6.92 Å². The number of carbonyl (C=O) groups is 1. The fourth-order valence-electron chi connectivity index (χ4n) is 5.23. The van der Waals surface area contributed by atoms with Crippen LogP contribution in [0.2, 0.25) is 0 Å². The third kappa shape index (κ3) is 4.69. The molecular weight excluding hydrogens is 348 g/mol. The summed E-state index contributed by atoms with van der Waals surface area (Å²) in [6.07, 6.45) is 7.03. The van der Waals surface area contributed by atoms with Crippen LogP contribution in [0.4, 0.5) is 4.79 Å². The molecule has 1 aromatic carbocycles. The average molecular weight is 385 g/mol. The van der Waals surface area contributed by atoms with Crippen molar-refractivity contribution in [2.45, 2.75) is 63.5 Å². The first-order chi connectivity index (χ1) is 13.7. The quantitative estimate of drug-likeness (QED) is 0.842. The SMILES string of the molecule is Cc1ccc(C2CCN(C(=O)N[C@H]3CCCCC3N3CCNCC3)CC2)cc1. The molecule has 0 bridgehead atoms. The monoisotopic (exact) mass is 384 g/mol. The number of piperazine rings is 1. The standard InChI is InChI=1S/C23H36N4O/c1-18-6-8-19(9-7-18)20-10-14-27(15-11-20)23(28)25-21-4-2-3-5-22(21)26-16-12-24-13-17-26/h6-9,20-22,24H,2-5,10-17H2,1H3,(H,25,28)/t21-,22?/m0/s1. The van der Waals surface area contributed by atoms with E-state index < -0.39 is 0 Å². The Balaban J connectivity index is 1.30. The fourth-order valence-corrected chi connectivity index (χ4v) is 5.23. The number of piperidine rings is 1. The first kappa shape index (κ1) is 19.7. The van der Waals surface area contributed by atoms with Crippen LogP contribution in [-0.4, -0.2) is 67.2 Å². The number of nitrogens with one attached hydrogen (secondary N) is 2. The van der Waals surface area contributed by atoms with E-state index in [-0.39, 0.29) is 6.03 Å². The van der Waals surface area contributed by atoms with Crippen LogP contribution in [0.5, 0.6) is 0 Å². The van der Waals surface area contributed by atoms with Crippen molar-refractivity contribution in [1.82, 2.24) is 20.4 Å². The maximum atomic E-state index is 13.0. The second-order valence-corrected chi connectivity index (χ2v) is 8.87. The Morgan fingerprint density at radius 1 is 0.964 bits per heavy atom. The molecule has 0 radical (unpaired) electrons. The largest absolute Gasteiger partial charge is 0.334 e. The summed E-state index contributed by atoms with van der Waals surface area (Å²) in [6, 6.07) is 9.92. The van der Waals surface area contributed by atoms with Gasteiger partial charge in [-0.25, -0.2) is 4.79 Å². The highest BCUT2D eigenvalue weighted by molar-refractivity contribution is 5.74. The summed E-state index contributed by atoms with van der Waals surface area (Å²) in [5.74, 6) is 0.591. The van der Waals surface area contributed by atoms with Crippen LogP contribution >= 0.6 is 0 Å². The van der Waals surface area contributed by atoms with Crippen LogP contribution in [0.15, 0.2) is 24.3 Å². The number of hydrogen-bond donors (Lipinski definition) is 2. The first-order valence-corrected chi connectivity index (χ1v) is 11.3. The Labute approximate surface area is 169 Å². The second kappa shape index (κ2) is 9.27. The van der Waals surface area contributed by atoms with Crippen molar-refractivity contribution in [2.24, 2.45) is 0 Å². The maximum absolute atomic E-state index is 13.0. The summed E-state index contributed by atoms with van der Waals surface area (Å²) in [7, 11) is 0. The van der Waals surface area contributed by atoms with Gasteiger partial charge in [-0.3, -0.25) is 4.90 Å². The van der Waals surface area contributed by atoms with E-state index in [9.17, 15) is 4.79 Å². The molecule has 3 aliphatic rings. The highest BCUT2D eigenvalue weighted by atomic mass is 16.2. The third-order valence-electron chi connectivity index (χ3n) is 6.99. The van der Waals surface area contributed by atoms with Gasteiger partial charge in [0, 0.05) is 51.4 Å². The molecule has 4 rings (SSSR count). The minimum Gasteiger partial charge on any atom is -0.334 e. The van der Waals surface area contributed by atoms with Crippen LogP contribution in [-0.2, 0) is 0 Å². The minimum atomic E-state index is 0.161. The molecule has 1 aliphatic carbocycles. The Morgan fingerprint density at radius 3 is 2.36 bits per heavy atom. The predicted molar refractivity (Wildman–Crippen MR) is 114 cm³/mol. The molecule has 1 aromatic rings. The minimum absolute atomic E-state index is 0.161. The lowest BCUT2D eigenvalue weighted by Gasteiger charge is -2.43. The number of likely N-dealkylation sites (tertiary alicyclic amines) is 1. The zero-order valence-corrected chi connectivity index (χ0v) is 17.3. The molecule has 1 saturated carbocycles. The zero-order chi connectivity index (χ0) is 19.3. The molecule has 2 aliphatic heterocycles. The van der Waals surface area contributed by atoms with Gasteiger partial charge >= 0.3 is 6.03 Å². The summed E-state index contributed by atoms with van der Waals surface area (Å²) < 4.78 is 0. The van der Waals surface area contributed by atoms with Crippen LogP contribution in [0.3, 0.4) is 0 Å². The third-order valence-corrected chi connectivity index (χ3v) is 6.99. The topological polar surface area (TPSA) is 47.6 Å². The lowest BCUT2D eigenvalue weighted by molar-refractivity contribution is 0.104. The average Bonchev–Trinajstić information content (AvgIpc) is 2.75. The summed E-state index contributed by atoms with van der Waals surface area (Å²) in [5.41, 5.74) is 2.74. The second-order valence-electron chi connectivity index (χ2n) is 8.87. The Kier molecular flexibility index (Phi) is 6.53. The van der Waals surface area contributed by atoms with Gasteiger partial charge in [-0.2, -0.15) is 0 Å². The van der Waals surface area contributed by atoms with E-state index in [1.165, 1.54) is 30.4 Å². The number of urea groups is 1. The number of benzene rings is 1. The number of hydrogen-bond acceptors (Lipinski definition) is 3. The van der Waals surface area contributed by atoms with Gasteiger partial charge < -0.3 is 15.5 Å². The fraction of sp³-hybridized carbons (Fsp3) is 0.696. The van der Waals surface area contributed by atoms with Crippen LogP contribution < -0.4 is 10.6 Å². The van der Waals surface area contributed by atoms with Crippen molar-refractivity contribution in [1.29, 1.82) is 0 Å². The summed E-state index contributed by atoms with van der Waals surface area (Å²) in [4.78, 5) is 17.6. The molecule has 0 spiro atoms. The highest BCUT2D eigenvalue weighted by Crippen LogP contribution is 2.29. The van der Waals surface area contributed by atoms with Crippen molar-refractivity contribution >= 4 is 6.03 Å². The van der Waals surface area contributed by atoms with Gasteiger partial charge in [0.25, 0.3) is 0 Å². The first-order valence-electron chi connectivity index (χ1n) is 11.3. The summed E-state index contributed by atoms with van der Waals surface area (Å²) in [6.45, 7) is 8.24. The lowest BCUT2D eigenvalue weighted by atomic mass is 9.88. The smallest absolute Gasteiger partial charge is 0.317 e. The van der Waals surface area contributed by atoms with E-state index in [0.717, 1.165) is 58.5 Å². The molecule has 2 heterocycles. The van der Waals surface area contributed by atoms with E-state index in [1.807, 2.05) is 4.90 Å². The molecule has 2 amide bonds. The van der Waals surface area contributed by atoms with Crippen molar-refractivity contribution < 1.29 is 4.79 Å². The van der Waals surface area contributed by atoms with E-state index in [0.29, 0.717) is 18.0 Å². The van der Waals surface area contributed by atoms with Crippen molar-refractivity contribution in [3.8, 4) is 0 Å². The molecule has 2 saturated heterocycles. The molecule has 154 valence electrons. The predicted octanol–water partition coefficient (Wildman–Crippen LogP) is 3.10. The van der Waals surface area contributed by atoms with Crippen molar-refractivity contribution in [3.63, 3.8) is 0 Å². The highest BCUT2D eigenvalue weighted by Gasteiger charge is 2.33. The van der Waals surface area contributed by atoms with Gasteiger partial charge in [0.1, 0.15) is 0 Å². The molecular formula is C23H36N4O.